The molecule has 110 valence electrons. The first-order valence-corrected chi connectivity index (χ1v) is 6.51. The molecule has 0 aliphatic heterocycles. The van der Waals surface area contributed by atoms with E-state index in [2.05, 4.69) is 16.2 Å². The normalized spacial score (nSPS) is 22.1. The molecule has 4 N–H and O–H groups in total. The van der Waals surface area contributed by atoms with Gasteiger partial charge < -0.3 is 10.4 Å². The molecule has 1 aromatic rings. The molecule has 0 aromatic heterocycles. The third-order valence-electron chi connectivity index (χ3n) is 3.29. The van der Waals surface area contributed by atoms with Crippen LogP contribution in [0, 0.1) is 11.6 Å². The molecule has 20 heavy (non-hydrogen) atoms. The molecule has 1 saturated carbocycles. The van der Waals surface area contributed by atoms with Crippen molar-refractivity contribution in [2.24, 2.45) is 0 Å². The molecule has 5 nitrogen and oxygen atoms in total. The van der Waals surface area contributed by atoms with Crippen LogP contribution in [0.3, 0.4) is 0 Å². The number of carbonyl (C=O) groups excluding carboxylic acids is 1. The van der Waals surface area contributed by atoms with Crippen molar-refractivity contribution in [3.05, 3.63) is 29.8 Å². The molecule has 0 spiro atoms. The van der Waals surface area contributed by atoms with E-state index in [4.69, 9.17) is 0 Å². The minimum absolute atomic E-state index is 0.0162. The summed E-state index contributed by atoms with van der Waals surface area (Å²) in [5.74, 6) is -2.04. The first-order chi connectivity index (χ1) is 9.56. The average Bonchev–Trinajstić information content (AvgIpc) is 2.43. The van der Waals surface area contributed by atoms with Crippen molar-refractivity contribution in [1.29, 1.82) is 0 Å². The van der Waals surface area contributed by atoms with Crippen molar-refractivity contribution in [3.63, 3.8) is 0 Å². The zero-order chi connectivity index (χ0) is 14.5. The number of carbonyl (C=O) groups is 1. The molecule has 0 heterocycles. The molecule has 2 amide bonds. The fourth-order valence-electron chi connectivity index (χ4n) is 2.17. The van der Waals surface area contributed by atoms with E-state index in [1.807, 2.05) is 0 Å². The second kappa shape index (κ2) is 6.51. The van der Waals surface area contributed by atoms with E-state index in [1.54, 1.807) is 0 Å². The van der Waals surface area contributed by atoms with Crippen LogP contribution >= 0.6 is 0 Å². The summed E-state index contributed by atoms with van der Waals surface area (Å²) in [6.45, 7) is 0. The van der Waals surface area contributed by atoms with Crippen molar-refractivity contribution < 1.29 is 18.7 Å². The topological polar surface area (TPSA) is 73.4 Å². The number of hydrogen-bond acceptors (Lipinski definition) is 3. The number of aliphatic hydroxyl groups is 1. The molecule has 2 rings (SSSR count). The number of nitrogens with one attached hydrogen (secondary N) is 3. The molecule has 1 aromatic carbocycles. The SMILES string of the molecule is O=C(NNc1cccc(F)c1F)NC1CCC(O)CC1. The zero-order valence-electron chi connectivity index (χ0n) is 10.8. The number of amides is 2. The monoisotopic (exact) mass is 285 g/mol. The minimum Gasteiger partial charge on any atom is -0.393 e. The van der Waals surface area contributed by atoms with Crippen LogP contribution in [0.15, 0.2) is 18.2 Å². The zero-order valence-corrected chi connectivity index (χ0v) is 10.8. The lowest BCUT2D eigenvalue weighted by atomic mass is 9.93. The molecule has 1 aliphatic rings. The fraction of sp³-hybridized carbons (Fsp3) is 0.462. The molecule has 0 saturated heterocycles. The number of aliphatic hydroxyl groups excluding tert-OH is 1. The quantitative estimate of drug-likeness (QED) is 0.641. The van der Waals surface area contributed by atoms with E-state index >= 15 is 0 Å². The van der Waals surface area contributed by atoms with Gasteiger partial charge in [-0.15, -0.1) is 0 Å². The molecule has 0 atom stereocenters. The summed E-state index contributed by atoms with van der Waals surface area (Å²) in [6.07, 6.45) is 2.40. The lowest BCUT2D eigenvalue weighted by Gasteiger charge is -2.26. The Kier molecular flexibility index (Phi) is 4.73. The number of benzene rings is 1. The lowest BCUT2D eigenvalue weighted by Crippen LogP contribution is -2.46. The highest BCUT2D eigenvalue weighted by Gasteiger charge is 2.20. The lowest BCUT2D eigenvalue weighted by molar-refractivity contribution is 0.118. The van der Waals surface area contributed by atoms with E-state index in [1.165, 1.54) is 12.1 Å². The first kappa shape index (κ1) is 14.5. The predicted octanol–water partition coefficient (Wildman–Crippen LogP) is 1.89. The van der Waals surface area contributed by atoms with Gasteiger partial charge in [-0.05, 0) is 37.8 Å². The summed E-state index contributed by atoms with van der Waals surface area (Å²) >= 11 is 0. The number of hydrazine groups is 1. The van der Waals surface area contributed by atoms with Crippen molar-refractivity contribution >= 4 is 11.7 Å². The highest BCUT2D eigenvalue weighted by Crippen LogP contribution is 2.18. The van der Waals surface area contributed by atoms with Crippen LogP contribution in [-0.2, 0) is 0 Å². The van der Waals surface area contributed by atoms with Crippen molar-refractivity contribution in [3.8, 4) is 0 Å². The van der Waals surface area contributed by atoms with Gasteiger partial charge in [-0.3, -0.25) is 10.9 Å². The number of rotatable bonds is 3. The second-order valence-corrected chi connectivity index (χ2v) is 4.83. The summed E-state index contributed by atoms with van der Waals surface area (Å²) in [7, 11) is 0. The maximum atomic E-state index is 13.3. The molecule has 0 radical (unpaired) electrons. The van der Waals surface area contributed by atoms with Crippen LogP contribution in [-0.4, -0.2) is 23.3 Å². The highest BCUT2D eigenvalue weighted by molar-refractivity contribution is 5.75. The van der Waals surface area contributed by atoms with Gasteiger partial charge in [0.15, 0.2) is 11.6 Å². The largest absolute Gasteiger partial charge is 0.393 e. The second-order valence-electron chi connectivity index (χ2n) is 4.83. The maximum absolute atomic E-state index is 13.3. The summed E-state index contributed by atoms with van der Waals surface area (Å²) in [6, 6.07) is 3.11. The number of urea groups is 1. The number of hydrogen-bond donors (Lipinski definition) is 4. The van der Waals surface area contributed by atoms with Gasteiger partial charge in [-0.2, -0.15) is 0 Å². The van der Waals surface area contributed by atoms with Crippen LogP contribution in [0.25, 0.3) is 0 Å². The van der Waals surface area contributed by atoms with Crippen LogP contribution < -0.4 is 16.2 Å². The average molecular weight is 285 g/mol. The fourth-order valence-corrected chi connectivity index (χ4v) is 2.17. The van der Waals surface area contributed by atoms with E-state index < -0.39 is 17.7 Å². The Balaban J connectivity index is 1.79. The minimum atomic E-state index is -1.05. The number of anilines is 1. The third kappa shape index (κ3) is 3.80. The molecular formula is C13H17F2N3O2. The summed E-state index contributed by atoms with van der Waals surface area (Å²) in [5, 5.41) is 12.1. The van der Waals surface area contributed by atoms with Crippen molar-refractivity contribution in [2.45, 2.75) is 37.8 Å². The van der Waals surface area contributed by atoms with Gasteiger partial charge in [0, 0.05) is 6.04 Å². The van der Waals surface area contributed by atoms with Crippen molar-refractivity contribution in [2.75, 3.05) is 5.43 Å². The maximum Gasteiger partial charge on any atom is 0.333 e. The van der Waals surface area contributed by atoms with Crippen LogP contribution in [0.4, 0.5) is 19.3 Å². The van der Waals surface area contributed by atoms with Crippen LogP contribution in [0.2, 0.25) is 0 Å². The van der Waals surface area contributed by atoms with Gasteiger partial charge in [0.05, 0.1) is 11.8 Å². The third-order valence-corrected chi connectivity index (χ3v) is 3.29. The van der Waals surface area contributed by atoms with Gasteiger partial charge in [0.25, 0.3) is 0 Å². The Labute approximate surface area is 115 Å². The standard InChI is InChI=1S/C13H17F2N3O2/c14-10-2-1-3-11(12(10)15)17-18-13(20)16-8-4-6-9(19)7-5-8/h1-3,8-9,17,19H,4-7H2,(H2,16,18,20). The van der Waals surface area contributed by atoms with Gasteiger partial charge in [0.1, 0.15) is 0 Å². The molecule has 1 fully saturated rings. The Hall–Kier alpha value is -1.89. The Morgan fingerprint density at radius 3 is 2.60 bits per heavy atom. The van der Waals surface area contributed by atoms with E-state index in [0.29, 0.717) is 25.7 Å². The molecule has 0 bridgehead atoms. The molecule has 1 aliphatic carbocycles. The van der Waals surface area contributed by atoms with Gasteiger partial charge in [0.2, 0.25) is 0 Å². The smallest absolute Gasteiger partial charge is 0.333 e. The highest BCUT2D eigenvalue weighted by atomic mass is 19.2. The molecule has 7 heteroatoms. The predicted molar refractivity (Wildman–Crippen MR) is 69.9 cm³/mol. The van der Waals surface area contributed by atoms with Gasteiger partial charge in [-0.25, -0.2) is 13.6 Å². The van der Waals surface area contributed by atoms with Crippen LogP contribution in [0.1, 0.15) is 25.7 Å². The van der Waals surface area contributed by atoms with Gasteiger partial charge >= 0.3 is 6.03 Å². The van der Waals surface area contributed by atoms with Crippen LogP contribution in [0.5, 0.6) is 0 Å². The van der Waals surface area contributed by atoms with Crippen molar-refractivity contribution in [1.82, 2.24) is 10.7 Å². The van der Waals surface area contributed by atoms with E-state index in [-0.39, 0.29) is 17.8 Å². The summed E-state index contributed by atoms with van der Waals surface area (Å²) in [4.78, 5) is 11.6. The number of halogens is 2. The van der Waals surface area contributed by atoms with E-state index in [0.717, 1.165) is 6.07 Å². The molecular weight excluding hydrogens is 268 g/mol. The summed E-state index contributed by atoms with van der Waals surface area (Å²) in [5.41, 5.74) is 4.44. The Bertz CT molecular complexity index is 477. The summed E-state index contributed by atoms with van der Waals surface area (Å²) < 4.78 is 26.3. The van der Waals surface area contributed by atoms with Gasteiger partial charge in [-0.1, -0.05) is 6.07 Å². The Morgan fingerprint density at radius 1 is 1.20 bits per heavy atom. The Morgan fingerprint density at radius 2 is 1.90 bits per heavy atom. The molecule has 0 unspecified atom stereocenters. The first-order valence-electron chi connectivity index (χ1n) is 6.51. The van der Waals surface area contributed by atoms with E-state index in [9.17, 15) is 18.7 Å².